The third-order valence-corrected chi connectivity index (χ3v) is 9.37. The molecule has 7 nitrogen and oxygen atoms in total. The Bertz CT molecular complexity index is 1650. The number of carbonyl (C=O) groups is 1. The van der Waals surface area contributed by atoms with Gasteiger partial charge in [-0.2, -0.15) is 4.98 Å². The van der Waals surface area contributed by atoms with E-state index in [1.54, 1.807) is 4.68 Å². The molecule has 6 rings (SSSR count). The van der Waals surface area contributed by atoms with Gasteiger partial charge in [0, 0.05) is 32.6 Å². The zero-order chi connectivity index (χ0) is 29.8. The fourth-order valence-corrected chi connectivity index (χ4v) is 6.81. The summed E-state index contributed by atoms with van der Waals surface area (Å²) in [5.41, 5.74) is 3.80. The van der Waals surface area contributed by atoms with Crippen LogP contribution in [0.2, 0.25) is 10.0 Å². The molecule has 0 saturated heterocycles. The average molecular weight is 636 g/mol. The van der Waals surface area contributed by atoms with Gasteiger partial charge in [-0.15, -0.1) is 5.10 Å². The number of benzene rings is 3. The van der Waals surface area contributed by atoms with Crippen molar-refractivity contribution < 1.29 is 14.3 Å². The number of aromatic nitrogens is 3. The quantitative estimate of drug-likeness (QED) is 0.146. The van der Waals surface area contributed by atoms with E-state index in [0.717, 1.165) is 42.4 Å². The van der Waals surface area contributed by atoms with Crippen LogP contribution in [0.15, 0.2) is 89.2 Å². The summed E-state index contributed by atoms with van der Waals surface area (Å²) in [6.45, 7) is 2.15. The number of hydrogen-bond acceptors (Lipinski definition) is 7. The van der Waals surface area contributed by atoms with Crippen LogP contribution in [0.25, 0.3) is 0 Å². The van der Waals surface area contributed by atoms with Crippen molar-refractivity contribution in [3.05, 3.63) is 111 Å². The minimum Gasteiger partial charge on any atom is -0.488 e. The molecule has 1 saturated carbocycles. The Labute approximate surface area is 265 Å². The zero-order valence-corrected chi connectivity index (χ0v) is 26.1. The molecule has 2 aliphatic rings. The van der Waals surface area contributed by atoms with Crippen LogP contribution in [0.4, 0.5) is 5.95 Å². The zero-order valence-electron chi connectivity index (χ0n) is 23.8. The number of halogens is 2. The monoisotopic (exact) mass is 634 g/mol. The van der Waals surface area contributed by atoms with Gasteiger partial charge in [0.15, 0.2) is 0 Å². The van der Waals surface area contributed by atoms with Gasteiger partial charge in [0.25, 0.3) is 0 Å². The Morgan fingerprint density at radius 3 is 2.37 bits per heavy atom. The summed E-state index contributed by atoms with van der Waals surface area (Å²) in [6.07, 6.45) is 4.97. The first kappa shape index (κ1) is 29.6. The Morgan fingerprint density at radius 1 is 0.953 bits per heavy atom. The molecular formula is C33H32Cl2N4O3S. The second kappa shape index (κ2) is 13.5. The SMILES string of the molecule is CC1=C(C(=O)OC2CCCCC2)C(c2ccccc2OCc2ccccc2Cl)n2nc(SCc3ccccc3Cl)nc2N1. The molecule has 1 fully saturated rings. The van der Waals surface area contributed by atoms with Gasteiger partial charge in [0.1, 0.15) is 24.5 Å². The van der Waals surface area contributed by atoms with Gasteiger partial charge in [-0.3, -0.25) is 0 Å². The molecule has 0 bridgehead atoms. The predicted octanol–water partition coefficient (Wildman–Crippen LogP) is 8.62. The number of fused-ring (bicyclic) bond motifs is 1. The van der Waals surface area contributed by atoms with Gasteiger partial charge >= 0.3 is 5.97 Å². The number of rotatable bonds is 9. The van der Waals surface area contributed by atoms with Gasteiger partial charge in [0.2, 0.25) is 11.1 Å². The molecule has 2 heterocycles. The Morgan fingerprint density at radius 2 is 1.63 bits per heavy atom. The van der Waals surface area contributed by atoms with Crippen molar-refractivity contribution in [2.45, 2.75) is 68.7 Å². The number of carbonyl (C=O) groups excluding carboxylic acids is 1. The number of nitrogens with one attached hydrogen (secondary N) is 1. The van der Waals surface area contributed by atoms with Crippen molar-refractivity contribution in [3.63, 3.8) is 0 Å². The fourth-order valence-electron chi connectivity index (χ4n) is 5.51. The number of thioether (sulfide) groups is 1. The molecule has 1 aromatic heterocycles. The number of esters is 1. The lowest BCUT2D eigenvalue weighted by atomic mass is 9.94. The van der Waals surface area contributed by atoms with Crippen molar-refractivity contribution in [1.29, 1.82) is 0 Å². The fraction of sp³-hybridized carbons (Fsp3) is 0.303. The topological polar surface area (TPSA) is 78.3 Å². The summed E-state index contributed by atoms with van der Waals surface area (Å²) < 4.78 is 14.2. The Balaban J connectivity index is 1.35. The van der Waals surface area contributed by atoms with Crippen LogP contribution in [0.5, 0.6) is 5.75 Å². The summed E-state index contributed by atoms with van der Waals surface area (Å²) in [4.78, 5) is 18.7. The van der Waals surface area contributed by atoms with Crippen molar-refractivity contribution in [3.8, 4) is 5.75 Å². The standard InChI is InChI=1S/C33H32Cl2N4O3S/c1-21-29(31(40)42-24-13-3-2-4-14-24)30(25-15-7-10-18-28(25)41-19-22-11-5-8-16-26(22)34)39-32(36-21)37-33(38-39)43-20-23-12-6-9-17-27(23)35/h5-12,15-18,24,30H,2-4,13-14,19-20H2,1H3,(H,36,37,38). The first-order valence-electron chi connectivity index (χ1n) is 14.4. The van der Waals surface area contributed by atoms with Crippen LogP contribution >= 0.6 is 35.0 Å². The van der Waals surface area contributed by atoms with Gasteiger partial charge in [-0.1, -0.05) is 96.0 Å². The number of nitrogens with zero attached hydrogens (tertiary/aromatic N) is 3. The molecule has 1 aliphatic carbocycles. The highest BCUT2D eigenvalue weighted by molar-refractivity contribution is 7.98. The smallest absolute Gasteiger partial charge is 0.338 e. The maximum atomic E-state index is 13.9. The lowest BCUT2D eigenvalue weighted by Crippen LogP contribution is -2.32. The molecule has 10 heteroatoms. The van der Waals surface area contributed by atoms with Crippen LogP contribution in [0.1, 0.15) is 61.8 Å². The van der Waals surface area contributed by atoms with E-state index in [1.165, 1.54) is 18.2 Å². The molecule has 1 aliphatic heterocycles. The van der Waals surface area contributed by atoms with Crippen LogP contribution in [-0.2, 0) is 21.9 Å². The molecule has 1 unspecified atom stereocenters. The molecule has 0 amide bonds. The number of hydrogen-bond donors (Lipinski definition) is 1. The Kier molecular flexibility index (Phi) is 9.26. The van der Waals surface area contributed by atoms with Gasteiger partial charge in [-0.25, -0.2) is 9.48 Å². The second-order valence-electron chi connectivity index (χ2n) is 10.7. The highest BCUT2D eigenvalue weighted by Crippen LogP contribution is 2.41. The van der Waals surface area contributed by atoms with E-state index < -0.39 is 6.04 Å². The molecule has 0 radical (unpaired) electrons. The van der Waals surface area contributed by atoms with Crippen LogP contribution < -0.4 is 10.1 Å². The molecule has 43 heavy (non-hydrogen) atoms. The summed E-state index contributed by atoms with van der Waals surface area (Å²) in [5, 5.41) is 10.1. The van der Waals surface area contributed by atoms with E-state index in [2.05, 4.69) is 5.32 Å². The van der Waals surface area contributed by atoms with Crippen molar-refractivity contribution in [1.82, 2.24) is 14.8 Å². The summed E-state index contributed by atoms with van der Waals surface area (Å²) >= 11 is 14.3. The van der Waals surface area contributed by atoms with E-state index in [4.69, 9.17) is 42.8 Å². The van der Waals surface area contributed by atoms with Gasteiger partial charge < -0.3 is 14.8 Å². The third kappa shape index (κ3) is 6.71. The minimum absolute atomic E-state index is 0.0900. The van der Waals surface area contributed by atoms with E-state index in [0.29, 0.717) is 43.9 Å². The van der Waals surface area contributed by atoms with Crippen LogP contribution in [-0.4, -0.2) is 26.8 Å². The van der Waals surface area contributed by atoms with Crippen molar-refractivity contribution >= 4 is 46.9 Å². The highest BCUT2D eigenvalue weighted by Gasteiger charge is 2.38. The molecule has 4 aromatic rings. The summed E-state index contributed by atoms with van der Waals surface area (Å²) in [7, 11) is 0. The van der Waals surface area contributed by atoms with E-state index in [9.17, 15) is 4.79 Å². The molecule has 1 N–H and O–H groups in total. The normalized spacial score (nSPS) is 16.9. The van der Waals surface area contributed by atoms with Crippen molar-refractivity contribution in [2.75, 3.05) is 5.32 Å². The maximum Gasteiger partial charge on any atom is 0.338 e. The van der Waals surface area contributed by atoms with Crippen molar-refractivity contribution in [2.24, 2.45) is 0 Å². The molecule has 3 aromatic carbocycles. The average Bonchev–Trinajstić information content (AvgIpc) is 3.42. The third-order valence-electron chi connectivity index (χ3n) is 7.75. The Hall–Kier alpha value is -3.46. The number of para-hydroxylation sites is 1. The molecular weight excluding hydrogens is 603 g/mol. The number of anilines is 1. The second-order valence-corrected chi connectivity index (χ2v) is 12.4. The highest BCUT2D eigenvalue weighted by atomic mass is 35.5. The maximum absolute atomic E-state index is 13.9. The van der Waals surface area contributed by atoms with E-state index in [-0.39, 0.29) is 18.7 Å². The lowest BCUT2D eigenvalue weighted by molar-refractivity contribution is -0.146. The molecule has 1 atom stereocenters. The van der Waals surface area contributed by atoms with E-state index >= 15 is 0 Å². The van der Waals surface area contributed by atoms with Gasteiger partial charge in [-0.05, 0) is 56.4 Å². The lowest BCUT2D eigenvalue weighted by Gasteiger charge is -2.30. The number of allylic oxidation sites excluding steroid dienone is 1. The van der Waals surface area contributed by atoms with Crippen LogP contribution in [0.3, 0.4) is 0 Å². The molecule has 222 valence electrons. The minimum atomic E-state index is -0.614. The molecule has 0 spiro atoms. The first-order chi connectivity index (χ1) is 21.0. The first-order valence-corrected chi connectivity index (χ1v) is 16.2. The predicted molar refractivity (Wildman–Crippen MR) is 171 cm³/mol. The van der Waals surface area contributed by atoms with Crippen LogP contribution in [0, 0.1) is 0 Å². The van der Waals surface area contributed by atoms with E-state index in [1.807, 2.05) is 79.7 Å². The number of ether oxygens (including phenoxy) is 2. The largest absolute Gasteiger partial charge is 0.488 e. The van der Waals surface area contributed by atoms with Gasteiger partial charge in [0.05, 0.1) is 5.57 Å². The summed E-state index contributed by atoms with van der Waals surface area (Å²) in [5.74, 6) is 1.42. The summed E-state index contributed by atoms with van der Waals surface area (Å²) in [6, 6.07) is 22.4.